The number of likely N-dealkylation sites (tertiary alicyclic amines) is 1. The number of benzene rings is 1. The lowest BCUT2D eigenvalue weighted by molar-refractivity contribution is -0.136. The van der Waals surface area contributed by atoms with E-state index >= 15 is 0 Å². The highest BCUT2D eigenvalue weighted by Crippen LogP contribution is 2.29. The topological polar surface area (TPSA) is 81.8 Å². The molecule has 27 heavy (non-hydrogen) atoms. The number of amides is 3. The van der Waals surface area contributed by atoms with Crippen LogP contribution in [0.4, 0.5) is 0 Å². The van der Waals surface area contributed by atoms with E-state index in [4.69, 9.17) is 0 Å². The summed E-state index contributed by atoms with van der Waals surface area (Å²) in [5.74, 6) is -0.720. The number of hydrogen-bond acceptors (Lipinski definition) is 5. The average Bonchev–Trinajstić information content (AvgIpc) is 3.14. The van der Waals surface area contributed by atoms with Crippen LogP contribution in [0, 0.1) is 0 Å². The molecule has 4 aliphatic rings. The zero-order valence-electron chi connectivity index (χ0n) is 15.2. The molecule has 0 aliphatic carbocycles. The Morgan fingerprint density at radius 3 is 2.56 bits per heavy atom. The maximum atomic E-state index is 12.8. The highest BCUT2D eigenvalue weighted by atomic mass is 16.2. The van der Waals surface area contributed by atoms with Crippen molar-refractivity contribution in [1.29, 1.82) is 0 Å². The minimum Gasteiger partial charge on any atom is -0.322 e. The Morgan fingerprint density at radius 1 is 1.04 bits per heavy atom. The van der Waals surface area contributed by atoms with E-state index in [1.54, 1.807) is 4.90 Å². The molecule has 3 amide bonds. The number of piperidine rings is 1. The predicted molar refractivity (Wildman–Crippen MR) is 97.7 cm³/mol. The number of hydrogen-bond donors (Lipinski definition) is 2. The summed E-state index contributed by atoms with van der Waals surface area (Å²) in [7, 11) is 0. The maximum Gasteiger partial charge on any atom is 0.255 e. The third-order valence-corrected chi connectivity index (χ3v) is 6.29. The van der Waals surface area contributed by atoms with E-state index in [0.29, 0.717) is 30.6 Å². The molecular formula is C20H24N4O3. The van der Waals surface area contributed by atoms with Gasteiger partial charge in [-0.3, -0.25) is 24.6 Å². The molecule has 2 bridgehead atoms. The largest absolute Gasteiger partial charge is 0.322 e. The predicted octanol–water partition coefficient (Wildman–Crippen LogP) is 0.384. The average molecular weight is 368 g/mol. The van der Waals surface area contributed by atoms with Crippen LogP contribution in [0.25, 0.3) is 0 Å². The van der Waals surface area contributed by atoms with Crippen molar-refractivity contribution in [3.63, 3.8) is 0 Å². The van der Waals surface area contributed by atoms with Crippen molar-refractivity contribution in [2.24, 2.45) is 0 Å². The Morgan fingerprint density at radius 2 is 1.81 bits per heavy atom. The maximum absolute atomic E-state index is 12.8. The third-order valence-electron chi connectivity index (χ3n) is 6.29. The molecule has 4 heterocycles. The van der Waals surface area contributed by atoms with Crippen LogP contribution in [0.2, 0.25) is 0 Å². The van der Waals surface area contributed by atoms with Gasteiger partial charge in [0.15, 0.2) is 0 Å². The summed E-state index contributed by atoms with van der Waals surface area (Å²) in [6.07, 6.45) is 3.22. The van der Waals surface area contributed by atoms with Gasteiger partial charge in [-0.25, -0.2) is 0 Å². The summed E-state index contributed by atoms with van der Waals surface area (Å²) < 4.78 is 0. The van der Waals surface area contributed by atoms with Gasteiger partial charge >= 0.3 is 0 Å². The molecular weight excluding hydrogens is 344 g/mol. The molecule has 7 nitrogen and oxygen atoms in total. The monoisotopic (exact) mass is 368 g/mol. The number of nitrogens with zero attached hydrogens (tertiary/aromatic N) is 2. The quantitative estimate of drug-likeness (QED) is 0.754. The second-order valence-electron chi connectivity index (χ2n) is 8.22. The van der Waals surface area contributed by atoms with Crippen molar-refractivity contribution in [3.05, 3.63) is 34.9 Å². The number of imide groups is 1. The Labute approximate surface area is 158 Å². The molecule has 3 atom stereocenters. The summed E-state index contributed by atoms with van der Waals surface area (Å²) in [5.41, 5.74) is 2.89. The summed E-state index contributed by atoms with van der Waals surface area (Å²) in [6.45, 7) is 3.50. The van der Waals surface area contributed by atoms with Crippen LogP contribution in [0.5, 0.6) is 0 Å². The number of nitrogens with one attached hydrogen (secondary N) is 2. The van der Waals surface area contributed by atoms with Crippen LogP contribution < -0.4 is 10.6 Å². The molecule has 3 saturated heterocycles. The Kier molecular flexibility index (Phi) is 4.02. The molecule has 5 rings (SSSR count). The van der Waals surface area contributed by atoms with E-state index in [9.17, 15) is 14.4 Å². The first-order valence-electron chi connectivity index (χ1n) is 9.82. The standard InChI is InChI=1S/C20H24N4O3/c25-18-6-5-17(19(26)22-18)24-9-13-7-12(1-4-16(13)20(24)27)8-23-10-14-2-3-15(11-23)21-14/h1,4,7,14-15,17,21H,2-3,5-6,8-11H2,(H,22,25,26). The van der Waals surface area contributed by atoms with Crippen LogP contribution in [0.1, 0.15) is 47.2 Å². The number of carbonyl (C=O) groups excluding carboxylic acids is 3. The van der Waals surface area contributed by atoms with Gasteiger partial charge in [0.05, 0.1) is 0 Å². The van der Waals surface area contributed by atoms with Gasteiger partial charge in [0.25, 0.3) is 5.91 Å². The van der Waals surface area contributed by atoms with Crippen molar-refractivity contribution in [3.8, 4) is 0 Å². The van der Waals surface area contributed by atoms with E-state index in [2.05, 4.69) is 21.6 Å². The number of carbonyl (C=O) groups is 3. The summed E-state index contributed by atoms with van der Waals surface area (Å²) in [6, 6.07) is 6.73. The van der Waals surface area contributed by atoms with Gasteiger partial charge < -0.3 is 10.2 Å². The Hall–Kier alpha value is -2.25. The smallest absolute Gasteiger partial charge is 0.255 e. The van der Waals surface area contributed by atoms with E-state index in [-0.39, 0.29) is 24.1 Å². The Balaban J connectivity index is 1.30. The summed E-state index contributed by atoms with van der Waals surface area (Å²) in [4.78, 5) is 40.4. The molecule has 2 N–H and O–H groups in total. The molecule has 0 spiro atoms. The first-order chi connectivity index (χ1) is 13.1. The molecule has 7 heteroatoms. The molecule has 1 aromatic carbocycles. The second kappa shape index (κ2) is 6.42. The van der Waals surface area contributed by atoms with E-state index in [1.165, 1.54) is 18.4 Å². The van der Waals surface area contributed by atoms with Crippen molar-refractivity contribution in [1.82, 2.24) is 20.4 Å². The lowest BCUT2D eigenvalue weighted by Gasteiger charge is -2.32. The van der Waals surface area contributed by atoms with E-state index < -0.39 is 6.04 Å². The normalized spacial score (nSPS) is 30.6. The molecule has 142 valence electrons. The number of fused-ring (bicyclic) bond motifs is 3. The number of rotatable bonds is 3. The first kappa shape index (κ1) is 16.9. The van der Waals surface area contributed by atoms with E-state index in [1.807, 2.05) is 12.1 Å². The van der Waals surface area contributed by atoms with Crippen LogP contribution in [0.3, 0.4) is 0 Å². The SMILES string of the molecule is O=C1CCC(N2Cc3cc(CN4CC5CCC(C4)N5)ccc3C2=O)C(=O)N1. The van der Waals surface area contributed by atoms with Crippen molar-refractivity contribution in [2.75, 3.05) is 13.1 Å². The fraction of sp³-hybridized carbons (Fsp3) is 0.550. The highest BCUT2D eigenvalue weighted by molar-refractivity contribution is 6.05. The van der Waals surface area contributed by atoms with Crippen LogP contribution in [-0.2, 0) is 22.7 Å². The van der Waals surface area contributed by atoms with Crippen LogP contribution in [0.15, 0.2) is 18.2 Å². The Bertz CT molecular complexity index is 811. The fourth-order valence-corrected chi connectivity index (χ4v) is 5.00. The van der Waals surface area contributed by atoms with Crippen molar-refractivity contribution >= 4 is 17.7 Å². The van der Waals surface area contributed by atoms with Gasteiger partial charge in [0.2, 0.25) is 11.8 Å². The molecule has 0 radical (unpaired) electrons. The highest BCUT2D eigenvalue weighted by Gasteiger charge is 2.39. The summed E-state index contributed by atoms with van der Waals surface area (Å²) in [5, 5.41) is 6.00. The van der Waals surface area contributed by atoms with Gasteiger partial charge in [-0.05, 0) is 36.5 Å². The third kappa shape index (κ3) is 3.04. The summed E-state index contributed by atoms with van der Waals surface area (Å²) >= 11 is 0. The van der Waals surface area contributed by atoms with Gasteiger partial charge in [-0.15, -0.1) is 0 Å². The van der Waals surface area contributed by atoms with Crippen LogP contribution in [-0.4, -0.2) is 58.7 Å². The molecule has 0 saturated carbocycles. The van der Waals surface area contributed by atoms with E-state index in [0.717, 1.165) is 25.2 Å². The zero-order valence-corrected chi connectivity index (χ0v) is 15.2. The molecule has 1 aromatic rings. The molecule has 0 aromatic heterocycles. The first-order valence-corrected chi connectivity index (χ1v) is 9.82. The minimum absolute atomic E-state index is 0.105. The molecule has 3 unspecified atom stereocenters. The van der Waals surface area contributed by atoms with Gasteiger partial charge in [0.1, 0.15) is 6.04 Å². The number of piperazine rings is 1. The zero-order chi connectivity index (χ0) is 18.5. The van der Waals surface area contributed by atoms with Crippen molar-refractivity contribution in [2.45, 2.75) is 56.9 Å². The van der Waals surface area contributed by atoms with Gasteiger partial charge in [-0.1, -0.05) is 12.1 Å². The minimum atomic E-state index is -0.546. The lowest BCUT2D eigenvalue weighted by Crippen LogP contribution is -2.52. The van der Waals surface area contributed by atoms with Gasteiger partial charge in [0, 0.05) is 50.2 Å². The molecule has 3 fully saturated rings. The van der Waals surface area contributed by atoms with Gasteiger partial charge in [-0.2, -0.15) is 0 Å². The van der Waals surface area contributed by atoms with Crippen LogP contribution >= 0.6 is 0 Å². The fourth-order valence-electron chi connectivity index (χ4n) is 5.00. The molecule has 4 aliphatic heterocycles. The van der Waals surface area contributed by atoms with Crippen molar-refractivity contribution < 1.29 is 14.4 Å². The second-order valence-corrected chi connectivity index (χ2v) is 8.22. The lowest BCUT2D eigenvalue weighted by atomic mass is 10.0.